The maximum atomic E-state index is 14.3. The van der Waals surface area contributed by atoms with Crippen molar-refractivity contribution < 1.29 is 27.5 Å². The van der Waals surface area contributed by atoms with E-state index in [1.807, 2.05) is 33.8 Å². The number of carbonyl (C=O) groups is 2. The first-order valence-electron chi connectivity index (χ1n) is 14.1. The van der Waals surface area contributed by atoms with Gasteiger partial charge in [-0.15, -0.1) is 0 Å². The van der Waals surface area contributed by atoms with E-state index in [4.69, 9.17) is 21.1 Å². The Morgan fingerprint density at radius 3 is 2.16 bits per heavy atom. The van der Waals surface area contributed by atoms with Crippen LogP contribution < -0.4 is 19.1 Å². The maximum absolute atomic E-state index is 14.3. The summed E-state index contributed by atoms with van der Waals surface area (Å²) in [5.74, 6) is -0.272. The second kappa shape index (κ2) is 15.1. The van der Waals surface area contributed by atoms with Crippen LogP contribution in [0.2, 0.25) is 5.02 Å². The van der Waals surface area contributed by atoms with Gasteiger partial charge in [0.1, 0.15) is 12.6 Å². The minimum absolute atomic E-state index is 0.0215. The Labute approximate surface area is 259 Å². The zero-order valence-corrected chi connectivity index (χ0v) is 27.1. The van der Waals surface area contributed by atoms with Crippen LogP contribution in [0.15, 0.2) is 65.6 Å². The van der Waals surface area contributed by atoms with Gasteiger partial charge >= 0.3 is 0 Å². The van der Waals surface area contributed by atoms with Gasteiger partial charge in [0, 0.05) is 24.2 Å². The van der Waals surface area contributed by atoms with Crippen LogP contribution >= 0.6 is 11.6 Å². The lowest BCUT2D eigenvalue weighted by Gasteiger charge is -2.33. The van der Waals surface area contributed by atoms with Crippen LogP contribution in [0.3, 0.4) is 0 Å². The number of nitrogens with zero attached hydrogens (tertiary/aromatic N) is 2. The standard InChI is InChI=1S/C32H40ClN3O6S/c1-7-15-34-32(38)28(8-2)35(20-24-11-9-10-12-27(24)33)31(37)21-36(25-17-22(3)16-23(4)18-25)43(39,40)26-13-14-29(41-5)30(19-26)42-6/h9-14,16-19,28H,7-8,15,20-21H2,1-6H3,(H,34,38). The molecular formula is C32H40ClN3O6S. The lowest BCUT2D eigenvalue weighted by Crippen LogP contribution is -2.52. The summed E-state index contributed by atoms with van der Waals surface area (Å²) in [5, 5.41) is 3.31. The Hall–Kier alpha value is -3.76. The molecule has 3 rings (SSSR count). The molecule has 9 nitrogen and oxygen atoms in total. The van der Waals surface area contributed by atoms with Gasteiger partial charge in [0.05, 0.1) is 24.8 Å². The molecular weight excluding hydrogens is 590 g/mol. The van der Waals surface area contributed by atoms with Gasteiger partial charge in [-0.05, 0) is 73.7 Å². The molecule has 0 aromatic heterocycles. The van der Waals surface area contributed by atoms with E-state index in [0.717, 1.165) is 21.9 Å². The topological polar surface area (TPSA) is 105 Å². The van der Waals surface area contributed by atoms with E-state index in [9.17, 15) is 18.0 Å². The number of methoxy groups -OCH3 is 2. The van der Waals surface area contributed by atoms with Gasteiger partial charge in [-0.3, -0.25) is 13.9 Å². The molecule has 0 saturated heterocycles. The number of amides is 2. The van der Waals surface area contributed by atoms with Crippen molar-refractivity contribution in [1.82, 2.24) is 10.2 Å². The lowest BCUT2D eigenvalue weighted by molar-refractivity contribution is -0.140. The minimum Gasteiger partial charge on any atom is -0.493 e. The Bertz CT molecular complexity index is 1530. The number of anilines is 1. The van der Waals surface area contributed by atoms with Crippen molar-refractivity contribution in [3.8, 4) is 11.5 Å². The van der Waals surface area contributed by atoms with E-state index in [1.165, 1.54) is 37.3 Å². The van der Waals surface area contributed by atoms with E-state index in [0.29, 0.717) is 35.0 Å². The van der Waals surface area contributed by atoms with Crippen molar-refractivity contribution in [2.45, 2.75) is 58.0 Å². The summed E-state index contributed by atoms with van der Waals surface area (Å²) in [7, 11) is -1.42. The number of benzene rings is 3. The van der Waals surface area contributed by atoms with E-state index in [-0.39, 0.29) is 23.1 Å². The van der Waals surface area contributed by atoms with Gasteiger partial charge in [-0.25, -0.2) is 8.42 Å². The van der Waals surface area contributed by atoms with Gasteiger partial charge in [0.2, 0.25) is 11.8 Å². The monoisotopic (exact) mass is 629 g/mol. The van der Waals surface area contributed by atoms with Gasteiger partial charge in [0.25, 0.3) is 10.0 Å². The SMILES string of the molecule is CCCNC(=O)C(CC)N(Cc1ccccc1Cl)C(=O)CN(c1cc(C)cc(C)c1)S(=O)(=O)c1ccc(OC)c(OC)c1. The third kappa shape index (κ3) is 8.20. The lowest BCUT2D eigenvalue weighted by atomic mass is 10.1. The van der Waals surface area contributed by atoms with E-state index >= 15 is 0 Å². The first kappa shape index (κ1) is 33.7. The van der Waals surface area contributed by atoms with Crippen molar-refractivity contribution in [1.29, 1.82) is 0 Å². The molecule has 0 aliphatic rings. The molecule has 1 N–H and O–H groups in total. The van der Waals surface area contributed by atoms with Crippen molar-refractivity contribution in [3.63, 3.8) is 0 Å². The van der Waals surface area contributed by atoms with Crippen molar-refractivity contribution >= 4 is 39.1 Å². The van der Waals surface area contributed by atoms with Gasteiger partial charge in [-0.1, -0.05) is 49.7 Å². The molecule has 0 radical (unpaired) electrons. The molecule has 0 saturated carbocycles. The van der Waals surface area contributed by atoms with Crippen LogP contribution in [0.25, 0.3) is 0 Å². The normalized spacial score (nSPS) is 11.9. The molecule has 3 aromatic carbocycles. The summed E-state index contributed by atoms with van der Waals surface area (Å²) in [6.45, 7) is 7.38. The van der Waals surface area contributed by atoms with E-state index < -0.39 is 28.5 Å². The Kier molecular flexibility index (Phi) is 11.9. The highest BCUT2D eigenvalue weighted by Crippen LogP contribution is 2.33. The molecule has 0 heterocycles. The largest absolute Gasteiger partial charge is 0.493 e. The second-order valence-electron chi connectivity index (χ2n) is 10.2. The fourth-order valence-corrected chi connectivity index (χ4v) is 6.43. The Balaban J connectivity index is 2.14. The summed E-state index contributed by atoms with van der Waals surface area (Å²) >= 11 is 6.46. The molecule has 11 heteroatoms. The molecule has 0 aliphatic heterocycles. The first-order valence-corrected chi connectivity index (χ1v) is 15.9. The molecule has 0 aliphatic carbocycles. The molecule has 3 aromatic rings. The third-order valence-corrected chi connectivity index (χ3v) is 9.09. The van der Waals surface area contributed by atoms with Crippen LogP contribution in [-0.4, -0.2) is 58.5 Å². The minimum atomic E-state index is -4.30. The Morgan fingerprint density at radius 1 is 0.930 bits per heavy atom. The Morgan fingerprint density at radius 2 is 1.58 bits per heavy atom. The predicted molar refractivity (Wildman–Crippen MR) is 169 cm³/mol. The summed E-state index contributed by atoms with van der Waals surface area (Å²) in [6, 6.07) is 15.8. The summed E-state index contributed by atoms with van der Waals surface area (Å²) in [5.41, 5.74) is 2.61. The molecule has 1 atom stereocenters. The zero-order valence-electron chi connectivity index (χ0n) is 25.5. The van der Waals surface area contributed by atoms with Crippen LogP contribution in [0.1, 0.15) is 43.4 Å². The quantitative estimate of drug-likeness (QED) is 0.252. The highest BCUT2D eigenvalue weighted by atomic mass is 35.5. The van der Waals surface area contributed by atoms with Crippen LogP contribution in [0.5, 0.6) is 11.5 Å². The fourth-order valence-electron chi connectivity index (χ4n) is 4.82. The molecule has 2 amide bonds. The molecule has 0 spiro atoms. The predicted octanol–water partition coefficient (Wildman–Crippen LogP) is 5.50. The number of halogens is 1. The average molecular weight is 630 g/mol. The molecule has 232 valence electrons. The average Bonchev–Trinajstić information content (AvgIpc) is 2.98. The number of nitrogens with one attached hydrogen (secondary N) is 1. The van der Waals surface area contributed by atoms with E-state index in [2.05, 4.69) is 5.32 Å². The van der Waals surface area contributed by atoms with Crippen molar-refractivity contribution in [2.75, 3.05) is 31.6 Å². The zero-order chi connectivity index (χ0) is 31.7. The number of ether oxygens (including phenoxy) is 2. The highest BCUT2D eigenvalue weighted by molar-refractivity contribution is 7.92. The van der Waals surface area contributed by atoms with Gasteiger partial charge < -0.3 is 19.7 Å². The molecule has 0 bridgehead atoms. The van der Waals surface area contributed by atoms with Crippen LogP contribution in [-0.2, 0) is 26.2 Å². The maximum Gasteiger partial charge on any atom is 0.264 e. The third-order valence-electron chi connectivity index (χ3n) is 6.95. The molecule has 0 fully saturated rings. The molecule has 43 heavy (non-hydrogen) atoms. The highest BCUT2D eigenvalue weighted by Gasteiger charge is 2.34. The van der Waals surface area contributed by atoms with Gasteiger partial charge in [-0.2, -0.15) is 0 Å². The number of sulfonamides is 1. The summed E-state index contributed by atoms with van der Waals surface area (Å²) < 4.78 is 40.3. The van der Waals surface area contributed by atoms with Crippen molar-refractivity contribution in [3.05, 3.63) is 82.4 Å². The van der Waals surface area contributed by atoms with Crippen LogP contribution in [0, 0.1) is 13.8 Å². The fraction of sp³-hybridized carbons (Fsp3) is 0.375. The number of carbonyl (C=O) groups excluding carboxylic acids is 2. The smallest absolute Gasteiger partial charge is 0.264 e. The van der Waals surface area contributed by atoms with E-state index in [1.54, 1.807) is 36.4 Å². The number of hydrogen-bond donors (Lipinski definition) is 1. The summed E-state index contributed by atoms with van der Waals surface area (Å²) in [6.07, 6.45) is 1.04. The number of hydrogen-bond acceptors (Lipinski definition) is 6. The van der Waals surface area contributed by atoms with Crippen molar-refractivity contribution in [2.24, 2.45) is 0 Å². The molecule has 1 unspecified atom stereocenters. The van der Waals surface area contributed by atoms with Gasteiger partial charge in [0.15, 0.2) is 11.5 Å². The second-order valence-corrected chi connectivity index (χ2v) is 12.5. The summed E-state index contributed by atoms with van der Waals surface area (Å²) in [4.78, 5) is 28.8. The number of aryl methyl sites for hydroxylation is 2. The number of rotatable bonds is 14. The van der Waals surface area contributed by atoms with Crippen LogP contribution in [0.4, 0.5) is 5.69 Å². The first-order chi connectivity index (χ1) is 20.5.